The summed E-state index contributed by atoms with van der Waals surface area (Å²) in [5, 5.41) is 0.815. The van der Waals surface area contributed by atoms with Crippen molar-refractivity contribution >= 4 is 16.8 Å². The van der Waals surface area contributed by atoms with Gasteiger partial charge < -0.3 is 4.42 Å². The van der Waals surface area contributed by atoms with Gasteiger partial charge in [-0.2, -0.15) is 0 Å². The summed E-state index contributed by atoms with van der Waals surface area (Å²) in [7, 11) is 0. The molecule has 0 unspecified atom stereocenters. The Morgan fingerprint density at radius 3 is 2.60 bits per heavy atom. The second-order valence-electron chi connectivity index (χ2n) is 4.48. The van der Waals surface area contributed by atoms with Crippen LogP contribution in [0.15, 0.2) is 52.9 Å². The van der Waals surface area contributed by atoms with E-state index in [9.17, 15) is 13.6 Å². The summed E-state index contributed by atoms with van der Waals surface area (Å²) in [5.41, 5.74) is 0.757. The lowest BCUT2D eigenvalue weighted by molar-refractivity contribution is 0.0967. The van der Waals surface area contributed by atoms with Crippen molar-refractivity contribution in [3.05, 3.63) is 71.5 Å². The predicted octanol–water partition coefficient (Wildman–Crippen LogP) is 4.14. The van der Waals surface area contributed by atoms with Crippen LogP contribution in [-0.4, -0.2) is 5.78 Å². The van der Waals surface area contributed by atoms with Crippen LogP contribution in [0.3, 0.4) is 0 Å². The molecule has 0 spiro atoms. The number of hydrogen-bond donors (Lipinski definition) is 0. The monoisotopic (exact) mass is 272 g/mol. The van der Waals surface area contributed by atoms with E-state index < -0.39 is 11.6 Å². The molecule has 2 nitrogen and oxygen atoms in total. The first-order valence-corrected chi connectivity index (χ1v) is 6.09. The standard InChI is InChI=1S/C16H10F2O2/c17-12-6-5-10(13(18)9-12)7-14(19)16-8-11-3-1-2-4-15(11)20-16/h1-6,8-9H,7H2. The lowest BCUT2D eigenvalue weighted by Gasteiger charge is -2.01. The van der Waals surface area contributed by atoms with Gasteiger partial charge in [0, 0.05) is 17.9 Å². The molecule has 3 aromatic rings. The first-order valence-electron chi connectivity index (χ1n) is 6.09. The number of furan rings is 1. The van der Waals surface area contributed by atoms with Crippen molar-refractivity contribution in [2.24, 2.45) is 0 Å². The Morgan fingerprint density at radius 2 is 1.85 bits per heavy atom. The number of carbonyl (C=O) groups is 1. The van der Waals surface area contributed by atoms with Gasteiger partial charge in [-0.3, -0.25) is 4.79 Å². The Kier molecular flexibility index (Phi) is 3.06. The molecule has 0 amide bonds. The molecule has 1 aromatic heterocycles. The molecule has 4 heteroatoms. The van der Waals surface area contributed by atoms with Gasteiger partial charge in [-0.1, -0.05) is 24.3 Å². The summed E-state index contributed by atoms with van der Waals surface area (Å²) in [6.07, 6.45) is -0.161. The Balaban J connectivity index is 1.89. The molecule has 0 aliphatic heterocycles. The minimum atomic E-state index is -0.727. The normalized spacial score (nSPS) is 10.9. The second kappa shape index (κ2) is 4.89. The van der Waals surface area contributed by atoms with E-state index in [1.54, 1.807) is 18.2 Å². The van der Waals surface area contributed by atoms with Crippen LogP contribution in [0, 0.1) is 11.6 Å². The fraction of sp³-hybridized carbons (Fsp3) is 0.0625. The maximum Gasteiger partial charge on any atom is 0.202 e. The van der Waals surface area contributed by atoms with Crippen molar-refractivity contribution in [1.29, 1.82) is 0 Å². The number of benzene rings is 2. The van der Waals surface area contributed by atoms with Gasteiger partial charge in [0.15, 0.2) is 5.76 Å². The van der Waals surface area contributed by atoms with Crippen molar-refractivity contribution in [1.82, 2.24) is 0 Å². The van der Waals surface area contributed by atoms with Crippen LogP contribution in [0.4, 0.5) is 8.78 Å². The highest BCUT2D eigenvalue weighted by Gasteiger charge is 2.15. The van der Waals surface area contributed by atoms with Crippen LogP contribution in [-0.2, 0) is 6.42 Å². The predicted molar refractivity (Wildman–Crippen MR) is 70.6 cm³/mol. The molecule has 0 atom stereocenters. The molecule has 0 saturated heterocycles. The third-order valence-corrected chi connectivity index (χ3v) is 3.07. The molecular formula is C16H10F2O2. The molecule has 1 heterocycles. The van der Waals surface area contributed by atoms with Gasteiger partial charge in [-0.15, -0.1) is 0 Å². The van der Waals surface area contributed by atoms with Gasteiger partial charge in [0.2, 0.25) is 5.78 Å². The summed E-state index contributed by atoms with van der Waals surface area (Å²) >= 11 is 0. The number of hydrogen-bond acceptors (Lipinski definition) is 2. The molecule has 0 bridgehead atoms. The molecular weight excluding hydrogens is 262 g/mol. The highest BCUT2D eigenvalue weighted by atomic mass is 19.1. The molecule has 3 rings (SSSR count). The molecule has 0 saturated carbocycles. The van der Waals surface area contributed by atoms with Gasteiger partial charge in [0.25, 0.3) is 0 Å². The lowest BCUT2D eigenvalue weighted by Crippen LogP contribution is -2.04. The highest BCUT2D eigenvalue weighted by Crippen LogP contribution is 2.21. The molecule has 0 fully saturated rings. The van der Waals surface area contributed by atoms with E-state index in [0.29, 0.717) is 5.58 Å². The first kappa shape index (κ1) is 12.5. The van der Waals surface area contributed by atoms with E-state index in [4.69, 9.17) is 4.42 Å². The minimum absolute atomic E-state index is 0.150. The molecule has 0 N–H and O–H groups in total. The smallest absolute Gasteiger partial charge is 0.202 e. The quantitative estimate of drug-likeness (QED) is 0.671. The van der Waals surface area contributed by atoms with Crippen LogP contribution in [0.2, 0.25) is 0 Å². The van der Waals surface area contributed by atoms with E-state index in [-0.39, 0.29) is 23.5 Å². The number of fused-ring (bicyclic) bond motifs is 1. The average Bonchev–Trinajstić information content (AvgIpc) is 2.86. The number of rotatable bonds is 3. The Bertz CT molecular complexity index is 757. The number of para-hydroxylation sites is 1. The zero-order chi connectivity index (χ0) is 14.1. The van der Waals surface area contributed by atoms with Crippen LogP contribution in [0.5, 0.6) is 0 Å². The number of carbonyl (C=O) groups excluding carboxylic acids is 1. The summed E-state index contributed by atoms with van der Waals surface area (Å²) in [6, 6.07) is 12.0. The van der Waals surface area contributed by atoms with Crippen molar-refractivity contribution < 1.29 is 18.0 Å². The summed E-state index contributed by atoms with van der Waals surface area (Å²) in [5.74, 6) is -1.56. The largest absolute Gasteiger partial charge is 0.453 e. The molecule has 20 heavy (non-hydrogen) atoms. The minimum Gasteiger partial charge on any atom is -0.453 e. The maximum atomic E-state index is 13.5. The molecule has 0 aliphatic rings. The first-order chi connectivity index (χ1) is 9.63. The fourth-order valence-corrected chi connectivity index (χ4v) is 2.04. The zero-order valence-electron chi connectivity index (χ0n) is 10.4. The van der Waals surface area contributed by atoms with Gasteiger partial charge in [0.05, 0.1) is 0 Å². The van der Waals surface area contributed by atoms with Crippen molar-refractivity contribution in [3.63, 3.8) is 0 Å². The Labute approximate surface area is 113 Å². The SMILES string of the molecule is O=C(Cc1ccc(F)cc1F)c1cc2ccccc2o1. The van der Waals surface area contributed by atoms with Crippen molar-refractivity contribution in [2.45, 2.75) is 6.42 Å². The number of halogens is 2. The Morgan fingerprint density at radius 1 is 1.05 bits per heavy atom. The van der Waals surface area contributed by atoms with Gasteiger partial charge in [-0.05, 0) is 23.8 Å². The van der Waals surface area contributed by atoms with E-state index in [1.165, 1.54) is 6.07 Å². The van der Waals surface area contributed by atoms with E-state index >= 15 is 0 Å². The average molecular weight is 272 g/mol. The van der Waals surface area contributed by atoms with Crippen molar-refractivity contribution in [3.8, 4) is 0 Å². The van der Waals surface area contributed by atoms with E-state index in [1.807, 2.05) is 12.1 Å². The van der Waals surface area contributed by atoms with Crippen LogP contribution < -0.4 is 0 Å². The molecule has 2 aromatic carbocycles. The summed E-state index contributed by atoms with van der Waals surface area (Å²) in [6.45, 7) is 0. The fourth-order valence-electron chi connectivity index (χ4n) is 2.04. The van der Waals surface area contributed by atoms with Gasteiger partial charge in [0.1, 0.15) is 17.2 Å². The second-order valence-corrected chi connectivity index (χ2v) is 4.48. The lowest BCUT2D eigenvalue weighted by atomic mass is 10.1. The molecule has 0 radical (unpaired) electrons. The molecule has 100 valence electrons. The van der Waals surface area contributed by atoms with Gasteiger partial charge >= 0.3 is 0 Å². The zero-order valence-corrected chi connectivity index (χ0v) is 10.4. The van der Waals surface area contributed by atoms with Crippen LogP contribution in [0.25, 0.3) is 11.0 Å². The third kappa shape index (κ3) is 2.32. The van der Waals surface area contributed by atoms with Crippen LogP contribution >= 0.6 is 0 Å². The molecule has 0 aliphatic carbocycles. The highest BCUT2D eigenvalue weighted by molar-refractivity contribution is 5.98. The summed E-state index contributed by atoms with van der Waals surface area (Å²) < 4.78 is 31.7. The number of Topliss-reactive ketones (excluding diaryl/α,β-unsaturated/α-hetero) is 1. The van der Waals surface area contributed by atoms with Gasteiger partial charge in [-0.25, -0.2) is 8.78 Å². The van der Waals surface area contributed by atoms with E-state index in [2.05, 4.69) is 0 Å². The topological polar surface area (TPSA) is 30.2 Å². The van der Waals surface area contributed by atoms with Crippen LogP contribution in [0.1, 0.15) is 16.1 Å². The summed E-state index contributed by atoms with van der Waals surface area (Å²) in [4.78, 5) is 12.1. The third-order valence-electron chi connectivity index (χ3n) is 3.07. The van der Waals surface area contributed by atoms with E-state index in [0.717, 1.165) is 17.5 Å². The number of ketones is 1. The van der Waals surface area contributed by atoms with Crippen molar-refractivity contribution in [2.75, 3.05) is 0 Å². The maximum absolute atomic E-state index is 13.5. The Hall–Kier alpha value is -2.49.